The van der Waals surface area contributed by atoms with Crippen LogP contribution in [0.25, 0.3) is 0 Å². The molecule has 0 atom stereocenters. The van der Waals surface area contributed by atoms with Gasteiger partial charge in [0.1, 0.15) is 15.6 Å². The number of rotatable bonds is 4. The van der Waals surface area contributed by atoms with Gasteiger partial charge in [0.2, 0.25) is 0 Å². The van der Waals surface area contributed by atoms with Crippen LogP contribution in [-0.4, -0.2) is 31.7 Å². The first-order valence-corrected chi connectivity index (χ1v) is 6.68. The molecule has 20 heavy (non-hydrogen) atoms. The molecule has 7 nitrogen and oxygen atoms in total. The summed E-state index contributed by atoms with van der Waals surface area (Å²) in [6.45, 7) is 3.67. The van der Waals surface area contributed by atoms with Gasteiger partial charge in [-0.2, -0.15) is 5.10 Å². The van der Waals surface area contributed by atoms with E-state index in [1.807, 2.05) is 6.92 Å². The molecule has 0 aliphatic carbocycles. The molecule has 0 unspecified atom stereocenters. The Kier molecular flexibility index (Phi) is 3.84. The number of nitrogens with one attached hydrogen (secondary N) is 1. The summed E-state index contributed by atoms with van der Waals surface area (Å²) in [6.07, 6.45) is 0. The maximum atomic E-state index is 11.9. The molecular formula is C12H14N4O3S. The van der Waals surface area contributed by atoms with E-state index in [4.69, 9.17) is 5.11 Å². The number of carbonyl (C=O) groups is 2. The molecule has 2 aromatic heterocycles. The van der Waals surface area contributed by atoms with Gasteiger partial charge in [0.05, 0.1) is 12.2 Å². The summed E-state index contributed by atoms with van der Waals surface area (Å²) in [4.78, 5) is 27.1. The second kappa shape index (κ2) is 5.41. The minimum atomic E-state index is -1.00. The molecule has 2 rings (SSSR count). The van der Waals surface area contributed by atoms with Crippen molar-refractivity contribution in [1.29, 1.82) is 0 Å². The van der Waals surface area contributed by atoms with Gasteiger partial charge in [0, 0.05) is 12.7 Å². The first-order chi connectivity index (χ1) is 9.38. The van der Waals surface area contributed by atoms with Crippen molar-refractivity contribution in [2.75, 3.05) is 0 Å². The number of aromatic carboxylic acids is 1. The Morgan fingerprint density at radius 3 is 2.65 bits per heavy atom. The molecule has 2 N–H and O–H groups in total. The number of carbonyl (C=O) groups excluding carboxylic acids is 1. The number of thiazole rings is 1. The minimum absolute atomic E-state index is 0.188. The summed E-state index contributed by atoms with van der Waals surface area (Å²) in [6, 6.07) is 1.69. The molecule has 0 aliphatic heterocycles. The van der Waals surface area contributed by atoms with E-state index in [0.29, 0.717) is 16.4 Å². The summed E-state index contributed by atoms with van der Waals surface area (Å²) in [5, 5.41) is 16.2. The van der Waals surface area contributed by atoms with Gasteiger partial charge >= 0.3 is 5.97 Å². The highest BCUT2D eigenvalue weighted by Gasteiger charge is 2.15. The van der Waals surface area contributed by atoms with Crippen molar-refractivity contribution >= 4 is 23.2 Å². The summed E-state index contributed by atoms with van der Waals surface area (Å²) < 4.78 is 1.62. The number of aryl methyl sites for hydroxylation is 3. The standard InChI is InChI=1S/C12H14N4O3S/c1-6-4-8(15-16(6)3)11(17)13-5-9-14-7(2)10(20-9)12(18)19/h4H,5H2,1-3H3,(H,13,17)(H,18,19). The van der Waals surface area contributed by atoms with Crippen LogP contribution < -0.4 is 5.32 Å². The van der Waals surface area contributed by atoms with Gasteiger partial charge in [0.25, 0.3) is 5.91 Å². The minimum Gasteiger partial charge on any atom is -0.477 e. The first kappa shape index (κ1) is 14.2. The monoisotopic (exact) mass is 294 g/mol. The van der Waals surface area contributed by atoms with Crippen molar-refractivity contribution in [2.24, 2.45) is 7.05 Å². The zero-order valence-corrected chi connectivity index (χ0v) is 12.1. The number of hydrogen-bond acceptors (Lipinski definition) is 5. The Balaban J connectivity index is 2.03. The van der Waals surface area contributed by atoms with Crippen LogP contribution in [0.1, 0.15) is 36.6 Å². The maximum absolute atomic E-state index is 11.9. The highest BCUT2D eigenvalue weighted by atomic mass is 32.1. The Morgan fingerprint density at radius 2 is 2.15 bits per heavy atom. The Morgan fingerprint density at radius 1 is 1.45 bits per heavy atom. The summed E-state index contributed by atoms with van der Waals surface area (Å²) in [7, 11) is 1.76. The lowest BCUT2D eigenvalue weighted by Crippen LogP contribution is -2.23. The van der Waals surface area contributed by atoms with Crippen molar-refractivity contribution in [2.45, 2.75) is 20.4 Å². The van der Waals surface area contributed by atoms with E-state index in [1.54, 1.807) is 24.7 Å². The molecule has 0 fully saturated rings. The number of amides is 1. The fraction of sp³-hybridized carbons (Fsp3) is 0.333. The maximum Gasteiger partial charge on any atom is 0.347 e. The predicted octanol–water partition coefficient (Wildman–Crippen LogP) is 1.12. The van der Waals surface area contributed by atoms with Crippen molar-refractivity contribution in [3.8, 4) is 0 Å². The summed E-state index contributed by atoms with van der Waals surface area (Å²) >= 11 is 1.06. The van der Waals surface area contributed by atoms with E-state index in [1.165, 1.54) is 0 Å². The molecule has 2 aromatic rings. The summed E-state index contributed by atoms with van der Waals surface area (Å²) in [5.41, 5.74) is 1.67. The van der Waals surface area contributed by atoms with Gasteiger partial charge in [-0.1, -0.05) is 0 Å². The predicted molar refractivity (Wildman–Crippen MR) is 72.9 cm³/mol. The molecule has 2 heterocycles. The summed E-state index contributed by atoms with van der Waals surface area (Å²) in [5.74, 6) is -1.31. The number of hydrogen-bond donors (Lipinski definition) is 2. The van der Waals surface area contributed by atoms with Crippen LogP contribution in [0, 0.1) is 13.8 Å². The van der Waals surface area contributed by atoms with Gasteiger partial charge in [-0.25, -0.2) is 9.78 Å². The van der Waals surface area contributed by atoms with Crippen molar-refractivity contribution < 1.29 is 14.7 Å². The smallest absolute Gasteiger partial charge is 0.347 e. The third-order valence-corrected chi connectivity index (χ3v) is 3.93. The van der Waals surface area contributed by atoms with Crippen LogP contribution in [0.15, 0.2) is 6.07 Å². The molecular weight excluding hydrogens is 280 g/mol. The molecule has 1 amide bonds. The van der Waals surface area contributed by atoms with Crippen LogP contribution in [0.5, 0.6) is 0 Å². The van der Waals surface area contributed by atoms with Gasteiger partial charge in [-0.15, -0.1) is 11.3 Å². The molecule has 106 valence electrons. The topological polar surface area (TPSA) is 97.1 Å². The van der Waals surface area contributed by atoms with Crippen LogP contribution in [-0.2, 0) is 13.6 Å². The van der Waals surface area contributed by atoms with Crippen LogP contribution >= 0.6 is 11.3 Å². The first-order valence-electron chi connectivity index (χ1n) is 5.87. The lowest BCUT2D eigenvalue weighted by molar-refractivity contribution is 0.0701. The zero-order valence-electron chi connectivity index (χ0n) is 11.3. The second-order valence-corrected chi connectivity index (χ2v) is 5.39. The SMILES string of the molecule is Cc1nc(CNC(=O)c2cc(C)n(C)n2)sc1C(=O)O. The quantitative estimate of drug-likeness (QED) is 0.880. The zero-order chi connectivity index (χ0) is 14.9. The van der Waals surface area contributed by atoms with Crippen LogP contribution in [0.4, 0.5) is 0 Å². The van der Waals surface area contributed by atoms with Crippen LogP contribution in [0.2, 0.25) is 0 Å². The largest absolute Gasteiger partial charge is 0.477 e. The van der Waals surface area contributed by atoms with Crippen LogP contribution in [0.3, 0.4) is 0 Å². The van der Waals surface area contributed by atoms with Gasteiger partial charge in [-0.3, -0.25) is 9.48 Å². The molecule has 0 bridgehead atoms. The highest BCUT2D eigenvalue weighted by Crippen LogP contribution is 2.17. The van der Waals surface area contributed by atoms with E-state index in [0.717, 1.165) is 17.0 Å². The average Bonchev–Trinajstić information content (AvgIpc) is 2.91. The fourth-order valence-corrected chi connectivity index (χ4v) is 2.49. The second-order valence-electron chi connectivity index (χ2n) is 4.30. The molecule has 0 radical (unpaired) electrons. The van der Waals surface area contributed by atoms with Gasteiger partial charge < -0.3 is 10.4 Å². The normalized spacial score (nSPS) is 10.6. The van der Waals surface area contributed by atoms with E-state index >= 15 is 0 Å². The Bertz CT molecular complexity index is 655. The number of nitrogens with zero attached hydrogens (tertiary/aromatic N) is 3. The fourth-order valence-electron chi connectivity index (χ4n) is 1.64. The van der Waals surface area contributed by atoms with E-state index in [2.05, 4.69) is 15.4 Å². The van der Waals surface area contributed by atoms with Crippen molar-refractivity contribution in [3.63, 3.8) is 0 Å². The van der Waals surface area contributed by atoms with Crippen molar-refractivity contribution in [3.05, 3.63) is 33.0 Å². The molecule has 0 aromatic carbocycles. The third-order valence-electron chi connectivity index (χ3n) is 2.78. The average molecular weight is 294 g/mol. The van der Waals surface area contributed by atoms with E-state index in [-0.39, 0.29) is 17.3 Å². The van der Waals surface area contributed by atoms with E-state index in [9.17, 15) is 9.59 Å². The highest BCUT2D eigenvalue weighted by molar-refractivity contribution is 7.13. The number of carboxylic acids is 1. The Labute approximate surface area is 119 Å². The molecule has 0 saturated heterocycles. The third kappa shape index (κ3) is 2.85. The molecule has 8 heteroatoms. The number of carboxylic acid groups (broad SMARTS) is 1. The van der Waals surface area contributed by atoms with E-state index < -0.39 is 5.97 Å². The molecule has 0 saturated carbocycles. The van der Waals surface area contributed by atoms with Gasteiger partial charge in [0.15, 0.2) is 0 Å². The molecule has 0 aliphatic rings. The lowest BCUT2D eigenvalue weighted by Gasteiger charge is -1.99. The molecule has 0 spiro atoms. The number of aromatic nitrogens is 3. The lowest BCUT2D eigenvalue weighted by atomic mass is 10.3. The van der Waals surface area contributed by atoms with Gasteiger partial charge in [-0.05, 0) is 19.9 Å². The Hall–Kier alpha value is -2.22. The van der Waals surface area contributed by atoms with Crippen molar-refractivity contribution in [1.82, 2.24) is 20.1 Å².